The van der Waals surface area contributed by atoms with Gasteiger partial charge in [-0.05, 0) is 31.6 Å². The second-order valence-electron chi connectivity index (χ2n) is 3.42. The van der Waals surface area contributed by atoms with Crippen LogP contribution in [0.15, 0.2) is 0 Å². The van der Waals surface area contributed by atoms with Gasteiger partial charge >= 0.3 is 0 Å². The van der Waals surface area contributed by atoms with Crippen molar-refractivity contribution in [3.05, 3.63) is 0 Å². The van der Waals surface area contributed by atoms with E-state index < -0.39 is 0 Å². The molecule has 1 aliphatic heterocycles. The molecule has 1 heterocycles. The largest absolute Gasteiger partial charge is 0.393 e. The normalized spacial score (nSPS) is 41.7. The minimum Gasteiger partial charge on any atom is -0.393 e. The third kappa shape index (κ3) is 1.32. The van der Waals surface area contributed by atoms with Gasteiger partial charge in [-0.15, -0.1) is 0 Å². The highest BCUT2D eigenvalue weighted by molar-refractivity contribution is 4.85. The Balaban J connectivity index is 1.84. The zero-order valence-corrected chi connectivity index (χ0v) is 6.12. The Morgan fingerprint density at radius 1 is 1.20 bits per heavy atom. The number of aliphatic hydroxyl groups is 1. The molecular formula is C8H14O2. The summed E-state index contributed by atoms with van der Waals surface area (Å²) in [5, 5.41) is 9.28. The minimum atomic E-state index is -0.0839. The second kappa shape index (κ2) is 2.51. The van der Waals surface area contributed by atoms with Crippen LogP contribution in [0, 0.1) is 5.92 Å². The quantitative estimate of drug-likeness (QED) is 0.590. The first-order valence-corrected chi connectivity index (χ1v) is 4.16. The summed E-state index contributed by atoms with van der Waals surface area (Å²) in [6.45, 7) is 0.766. The van der Waals surface area contributed by atoms with Crippen molar-refractivity contribution in [1.82, 2.24) is 0 Å². The average molecular weight is 142 g/mol. The number of aliphatic hydroxyl groups excluding tert-OH is 1. The number of rotatable bonds is 1. The van der Waals surface area contributed by atoms with E-state index in [9.17, 15) is 5.11 Å². The fourth-order valence-corrected chi connectivity index (χ4v) is 1.61. The average Bonchev–Trinajstić information content (AvgIpc) is 2.68. The summed E-state index contributed by atoms with van der Waals surface area (Å²) in [6.07, 6.45) is 4.66. The highest BCUT2D eigenvalue weighted by Gasteiger charge is 2.35. The van der Waals surface area contributed by atoms with Crippen molar-refractivity contribution in [2.75, 3.05) is 6.61 Å². The summed E-state index contributed by atoms with van der Waals surface area (Å²) in [4.78, 5) is 0. The lowest BCUT2D eigenvalue weighted by atomic mass is 10.0. The van der Waals surface area contributed by atoms with Crippen LogP contribution < -0.4 is 0 Å². The molecule has 0 aromatic carbocycles. The molecule has 2 nitrogen and oxygen atoms in total. The van der Waals surface area contributed by atoms with E-state index in [1.165, 1.54) is 12.8 Å². The molecular weight excluding hydrogens is 128 g/mol. The summed E-state index contributed by atoms with van der Waals surface area (Å²) in [7, 11) is 0. The fraction of sp³-hybridized carbons (Fsp3) is 1.00. The molecule has 0 aromatic heterocycles. The molecule has 10 heavy (non-hydrogen) atoms. The second-order valence-corrected chi connectivity index (χ2v) is 3.42. The van der Waals surface area contributed by atoms with Crippen LogP contribution in [0.1, 0.15) is 25.7 Å². The van der Waals surface area contributed by atoms with Crippen LogP contribution in [0.2, 0.25) is 0 Å². The maximum atomic E-state index is 9.28. The summed E-state index contributed by atoms with van der Waals surface area (Å²) in [5.41, 5.74) is 0. The molecule has 2 aliphatic rings. The number of hydrogen-bond donors (Lipinski definition) is 1. The van der Waals surface area contributed by atoms with E-state index in [0.29, 0.717) is 6.10 Å². The Morgan fingerprint density at radius 3 is 2.60 bits per heavy atom. The van der Waals surface area contributed by atoms with Crippen molar-refractivity contribution in [3.8, 4) is 0 Å². The Labute approximate surface area is 61.2 Å². The van der Waals surface area contributed by atoms with E-state index in [1.807, 2.05) is 0 Å². The first kappa shape index (κ1) is 6.62. The lowest BCUT2D eigenvalue weighted by Crippen LogP contribution is -2.30. The Hall–Kier alpha value is -0.0800. The van der Waals surface area contributed by atoms with Gasteiger partial charge in [0.1, 0.15) is 0 Å². The van der Waals surface area contributed by atoms with Crippen molar-refractivity contribution in [3.63, 3.8) is 0 Å². The molecule has 0 unspecified atom stereocenters. The summed E-state index contributed by atoms with van der Waals surface area (Å²) in [6, 6.07) is 0. The van der Waals surface area contributed by atoms with Gasteiger partial charge < -0.3 is 9.84 Å². The predicted molar refractivity (Wildman–Crippen MR) is 37.7 cm³/mol. The molecule has 1 aliphatic carbocycles. The Morgan fingerprint density at radius 2 is 2.00 bits per heavy atom. The van der Waals surface area contributed by atoms with Crippen LogP contribution in [0.3, 0.4) is 0 Å². The van der Waals surface area contributed by atoms with Crippen molar-refractivity contribution >= 4 is 0 Å². The SMILES string of the molecule is O[C@@H]1CCO[C@H](C2CC2)C1. The molecule has 0 amide bonds. The Kier molecular flexibility index (Phi) is 1.66. The van der Waals surface area contributed by atoms with E-state index in [2.05, 4.69) is 0 Å². The molecule has 2 fully saturated rings. The molecule has 1 saturated carbocycles. The summed E-state index contributed by atoms with van der Waals surface area (Å²) < 4.78 is 5.51. The van der Waals surface area contributed by atoms with Gasteiger partial charge in [-0.3, -0.25) is 0 Å². The highest BCUT2D eigenvalue weighted by atomic mass is 16.5. The van der Waals surface area contributed by atoms with Gasteiger partial charge in [0.15, 0.2) is 0 Å². The maximum Gasteiger partial charge on any atom is 0.0627 e. The topological polar surface area (TPSA) is 29.5 Å². The molecule has 2 rings (SSSR count). The maximum absolute atomic E-state index is 9.28. The van der Waals surface area contributed by atoms with Crippen LogP contribution >= 0.6 is 0 Å². The van der Waals surface area contributed by atoms with Gasteiger partial charge in [0.25, 0.3) is 0 Å². The van der Waals surface area contributed by atoms with Crippen molar-refractivity contribution in [1.29, 1.82) is 0 Å². The Bertz CT molecular complexity index is 120. The van der Waals surface area contributed by atoms with E-state index in [-0.39, 0.29) is 6.10 Å². The molecule has 1 saturated heterocycles. The lowest BCUT2D eigenvalue weighted by Gasteiger charge is -2.26. The van der Waals surface area contributed by atoms with Crippen molar-refractivity contribution < 1.29 is 9.84 Å². The van der Waals surface area contributed by atoms with Crippen molar-refractivity contribution in [2.45, 2.75) is 37.9 Å². The molecule has 2 atom stereocenters. The molecule has 0 aromatic rings. The van der Waals surface area contributed by atoms with Gasteiger partial charge in [-0.25, -0.2) is 0 Å². The molecule has 1 N–H and O–H groups in total. The number of ether oxygens (including phenoxy) is 1. The van der Waals surface area contributed by atoms with Gasteiger partial charge in [0.05, 0.1) is 12.2 Å². The fourth-order valence-electron chi connectivity index (χ4n) is 1.61. The molecule has 0 spiro atoms. The first-order chi connectivity index (χ1) is 4.86. The van der Waals surface area contributed by atoms with Gasteiger partial charge in [-0.1, -0.05) is 0 Å². The van der Waals surface area contributed by atoms with E-state index >= 15 is 0 Å². The minimum absolute atomic E-state index is 0.0839. The molecule has 2 heteroatoms. The van der Waals surface area contributed by atoms with Crippen molar-refractivity contribution in [2.24, 2.45) is 5.92 Å². The molecule has 0 bridgehead atoms. The molecule has 58 valence electrons. The van der Waals surface area contributed by atoms with Crippen LogP contribution in [0.25, 0.3) is 0 Å². The first-order valence-electron chi connectivity index (χ1n) is 4.16. The summed E-state index contributed by atoms with van der Waals surface area (Å²) in [5.74, 6) is 0.787. The summed E-state index contributed by atoms with van der Waals surface area (Å²) >= 11 is 0. The zero-order chi connectivity index (χ0) is 6.97. The van der Waals surface area contributed by atoms with Gasteiger partial charge in [-0.2, -0.15) is 0 Å². The highest BCUT2D eigenvalue weighted by Crippen LogP contribution is 2.37. The van der Waals surface area contributed by atoms with E-state index in [4.69, 9.17) is 4.74 Å². The zero-order valence-electron chi connectivity index (χ0n) is 6.12. The van der Waals surface area contributed by atoms with Crippen LogP contribution in [-0.4, -0.2) is 23.9 Å². The van der Waals surface area contributed by atoms with E-state index in [0.717, 1.165) is 25.4 Å². The number of hydrogen-bond acceptors (Lipinski definition) is 2. The van der Waals surface area contributed by atoms with Crippen LogP contribution in [-0.2, 0) is 4.74 Å². The van der Waals surface area contributed by atoms with Gasteiger partial charge in [0, 0.05) is 6.61 Å². The lowest BCUT2D eigenvalue weighted by molar-refractivity contribution is -0.0526. The van der Waals surface area contributed by atoms with E-state index in [1.54, 1.807) is 0 Å². The third-order valence-electron chi connectivity index (χ3n) is 2.44. The monoisotopic (exact) mass is 142 g/mol. The van der Waals surface area contributed by atoms with Crippen LogP contribution in [0.5, 0.6) is 0 Å². The van der Waals surface area contributed by atoms with Crippen LogP contribution in [0.4, 0.5) is 0 Å². The smallest absolute Gasteiger partial charge is 0.0627 e. The standard InChI is InChI=1S/C8H14O2/c9-7-3-4-10-8(5-7)6-1-2-6/h6-9H,1-5H2/t7-,8+/m1/s1. The predicted octanol–water partition coefficient (Wildman–Crippen LogP) is 0.936. The molecule has 0 radical (unpaired) electrons. The third-order valence-corrected chi connectivity index (χ3v) is 2.44. The van der Waals surface area contributed by atoms with Gasteiger partial charge in [0.2, 0.25) is 0 Å².